The third kappa shape index (κ3) is 2.54. The zero-order valence-corrected chi connectivity index (χ0v) is 12.6. The number of benzene rings is 1. The smallest absolute Gasteiger partial charge is 0.261 e. The summed E-state index contributed by atoms with van der Waals surface area (Å²) in [5, 5.41) is 3.45. The molecular formula is C17H18FN3O. The van der Waals surface area contributed by atoms with E-state index in [2.05, 4.69) is 24.1 Å². The van der Waals surface area contributed by atoms with E-state index in [1.165, 1.54) is 12.3 Å². The van der Waals surface area contributed by atoms with Crippen molar-refractivity contribution in [3.8, 4) is 0 Å². The van der Waals surface area contributed by atoms with Gasteiger partial charge in [-0.05, 0) is 24.1 Å². The molecular weight excluding hydrogens is 281 g/mol. The molecule has 2 heterocycles. The maximum atomic E-state index is 13.9. The number of carbonyl (C=O) groups is 1. The maximum Gasteiger partial charge on any atom is 0.261 e. The number of nitrogens with zero attached hydrogens (tertiary/aromatic N) is 2. The molecule has 0 spiro atoms. The first kappa shape index (κ1) is 14.5. The van der Waals surface area contributed by atoms with Gasteiger partial charge in [0.1, 0.15) is 0 Å². The number of amides is 1. The van der Waals surface area contributed by atoms with Crippen molar-refractivity contribution in [3.05, 3.63) is 54.1 Å². The Morgan fingerprint density at radius 2 is 2.14 bits per heavy atom. The first-order chi connectivity index (χ1) is 10.6. The van der Waals surface area contributed by atoms with E-state index in [1.807, 2.05) is 24.3 Å². The lowest BCUT2D eigenvalue weighted by Crippen LogP contribution is -2.47. The number of hydrogen-bond donors (Lipinski definition) is 1. The molecule has 0 bridgehead atoms. The number of hydrogen-bond acceptors (Lipinski definition) is 3. The predicted octanol–water partition coefficient (Wildman–Crippen LogP) is 3.32. The van der Waals surface area contributed by atoms with E-state index in [1.54, 1.807) is 4.90 Å². The molecule has 0 aliphatic carbocycles. The summed E-state index contributed by atoms with van der Waals surface area (Å²) >= 11 is 0. The van der Waals surface area contributed by atoms with Gasteiger partial charge in [-0.1, -0.05) is 26.0 Å². The van der Waals surface area contributed by atoms with Crippen LogP contribution < -0.4 is 10.2 Å². The number of para-hydroxylation sites is 2. The molecule has 5 heteroatoms. The van der Waals surface area contributed by atoms with Crippen molar-refractivity contribution in [2.24, 2.45) is 5.92 Å². The molecule has 1 aromatic carbocycles. The normalized spacial score (nSPS) is 17.1. The van der Waals surface area contributed by atoms with Crippen LogP contribution in [0.2, 0.25) is 0 Å². The van der Waals surface area contributed by atoms with Crippen LogP contribution >= 0.6 is 0 Å². The van der Waals surface area contributed by atoms with Crippen molar-refractivity contribution in [1.29, 1.82) is 0 Å². The minimum absolute atomic E-state index is 0.0502. The lowest BCUT2D eigenvalue weighted by molar-refractivity contribution is 0.0979. The molecule has 4 nitrogen and oxygen atoms in total. The number of nitrogens with one attached hydrogen (secondary N) is 1. The zero-order valence-electron chi connectivity index (χ0n) is 12.6. The van der Waals surface area contributed by atoms with Crippen LogP contribution in [0.25, 0.3) is 0 Å². The third-order valence-electron chi connectivity index (χ3n) is 3.97. The number of aromatic nitrogens is 1. The molecule has 1 amide bonds. The molecule has 0 saturated carbocycles. The first-order valence-electron chi connectivity index (χ1n) is 7.35. The standard InChI is InChI=1S/C17H18FN3O/c1-11(2)15-10-21(16-6-4-3-5-14(16)20-15)17(22)12-7-8-19-9-13(12)18/h3-9,11,15,20H,10H2,1-2H3. The number of halogens is 1. The van der Waals surface area contributed by atoms with Crippen LogP contribution in [0, 0.1) is 11.7 Å². The fraction of sp³-hybridized carbons (Fsp3) is 0.294. The summed E-state index contributed by atoms with van der Waals surface area (Å²) in [6, 6.07) is 9.16. The Kier molecular flexibility index (Phi) is 3.79. The molecule has 114 valence electrons. The van der Waals surface area contributed by atoms with Gasteiger partial charge in [-0.25, -0.2) is 4.39 Å². The van der Waals surface area contributed by atoms with Gasteiger partial charge in [0, 0.05) is 18.8 Å². The van der Waals surface area contributed by atoms with E-state index in [4.69, 9.17) is 0 Å². The quantitative estimate of drug-likeness (QED) is 0.925. The SMILES string of the molecule is CC(C)C1CN(C(=O)c2ccncc2F)c2ccccc2N1. The molecule has 1 atom stereocenters. The van der Waals surface area contributed by atoms with Crippen LogP contribution in [0.4, 0.5) is 15.8 Å². The lowest BCUT2D eigenvalue weighted by Gasteiger charge is -2.37. The molecule has 0 saturated heterocycles. The van der Waals surface area contributed by atoms with E-state index < -0.39 is 5.82 Å². The second kappa shape index (κ2) is 5.75. The van der Waals surface area contributed by atoms with Crippen LogP contribution in [0.3, 0.4) is 0 Å². The topological polar surface area (TPSA) is 45.2 Å². The summed E-state index contributed by atoms with van der Waals surface area (Å²) < 4.78 is 13.9. The van der Waals surface area contributed by atoms with Gasteiger partial charge in [-0.15, -0.1) is 0 Å². The Hall–Kier alpha value is -2.43. The Morgan fingerprint density at radius 1 is 1.36 bits per heavy atom. The van der Waals surface area contributed by atoms with Crippen LogP contribution in [-0.2, 0) is 0 Å². The van der Waals surface area contributed by atoms with Gasteiger partial charge < -0.3 is 10.2 Å². The summed E-state index contributed by atoms with van der Waals surface area (Å²) in [5.41, 5.74) is 1.73. The van der Waals surface area contributed by atoms with Gasteiger partial charge in [0.15, 0.2) is 5.82 Å². The van der Waals surface area contributed by atoms with Crippen molar-refractivity contribution in [2.45, 2.75) is 19.9 Å². The summed E-state index contributed by atoms with van der Waals surface area (Å²) in [7, 11) is 0. The highest BCUT2D eigenvalue weighted by molar-refractivity contribution is 6.08. The highest BCUT2D eigenvalue weighted by Crippen LogP contribution is 2.33. The van der Waals surface area contributed by atoms with E-state index in [-0.39, 0.29) is 17.5 Å². The Labute approximate surface area is 129 Å². The molecule has 3 rings (SSSR count). The lowest BCUT2D eigenvalue weighted by atomic mass is 9.99. The van der Waals surface area contributed by atoms with Crippen molar-refractivity contribution in [1.82, 2.24) is 4.98 Å². The summed E-state index contributed by atoms with van der Waals surface area (Å²) in [6.07, 6.45) is 2.51. The Balaban J connectivity index is 2.02. The molecule has 1 unspecified atom stereocenters. The second-order valence-electron chi connectivity index (χ2n) is 5.78. The minimum atomic E-state index is -0.593. The monoisotopic (exact) mass is 299 g/mol. The zero-order chi connectivity index (χ0) is 15.7. The molecule has 1 aliphatic heterocycles. The second-order valence-corrected chi connectivity index (χ2v) is 5.78. The molecule has 0 fully saturated rings. The van der Waals surface area contributed by atoms with Crippen LogP contribution in [-0.4, -0.2) is 23.5 Å². The Bertz CT molecular complexity index is 702. The fourth-order valence-corrected chi connectivity index (χ4v) is 2.64. The van der Waals surface area contributed by atoms with E-state index in [0.29, 0.717) is 12.5 Å². The average molecular weight is 299 g/mol. The van der Waals surface area contributed by atoms with Crippen molar-refractivity contribution < 1.29 is 9.18 Å². The van der Waals surface area contributed by atoms with Crippen molar-refractivity contribution in [2.75, 3.05) is 16.8 Å². The summed E-state index contributed by atoms with van der Waals surface area (Å²) in [4.78, 5) is 18.1. The summed E-state index contributed by atoms with van der Waals surface area (Å²) in [6.45, 7) is 4.71. The van der Waals surface area contributed by atoms with Gasteiger partial charge in [-0.2, -0.15) is 0 Å². The third-order valence-corrected chi connectivity index (χ3v) is 3.97. The van der Waals surface area contributed by atoms with Gasteiger partial charge in [-0.3, -0.25) is 9.78 Å². The van der Waals surface area contributed by atoms with Crippen LogP contribution in [0.1, 0.15) is 24.2 Å². The molecule has 2 aromatic rings. The fourth-order valence-electron chi connectivity index (χ4n) is 2.64. The number of fused-ring (bicyclic) bond motifs is 1. The van der Waals surface area contributed by atoms with E-state index in [9.17, 15) is 9.18 Å². The number of anilines is 2. The van der Waals surface area contributed by atoms with Gasteiger partial charge in [0.2, 0.25) is 0 Å². The van der Waals surface area contributed by atoms with E-state index >= 15 is 0 Å². The highest BCUT2D eigenvalue weighted by Gasteiger charge is 2.30. The van der Waals surface area contributed by atoms with Gasteiger partial charge in [0.25, 0.3) is 5.91 Å². The first-order valence-corrected chi connectivity index (χ1v) is 7.35. The van der Waals surface area contributed by atoms with Crippen LogP contribution in [0.5, 0.6) is 0 Å². The van der Waals surface area contributed by atoms with Gasteiger partial charge in [0.05, 0.1) is 23.1 Å². The largest absolute Gasteiger partial charge is 0.379 e. The number of rotatable bonds is 2. The van der Waals surface area contributed by atoms with E-state index in [0.717, 1.165) is 17.6 Å². The molecule has 1 aliphatic rings. The molecule has 1 aromatic heterocycles. The predicted molar refractivity (Wildman–Crippen MR) is 84.6 cm³/mol. The van der Waals surface area contributed by atoms with Crippen molar-refractivity contribution >= 4 is 17.3 Å². The average Bonchev–Trinajstić information content (AvgIpc) is 2.53. The summed E-state index contributed by atoms with van der Waals surface area (Å²) in [5.74, 6) is -0.574. The van der Waals surface area contributed by atoms with Crippen molar-refractivity contribution in [3.63, 3.8) is 0 Å². The minimum Gasteiger partial charge on any atom is -0.379 e. The number of pyridine rings is 1. The molecule has 1 N–H and O–H groups in total. The number of carbonyl (C=O) groups excluding carboxylic acids is 1. The highest BCUT2D eigenvalue weighted by atomic mass is 19.1. The Morgan fingerprint density at radius 3 is 2.86 bits per heavy atom. The van der Waals surface area contributed by atoms with Gasteiger partial charge >= 0.3 is 0 Å². The molecule has 22 heavy (non-hydrogen) atoms. The maximum absolute atomic E-state index is 13.9. The molecule has 0 radical (unpaired) electrons. The van der Waals surface area contributed by atoms with Crippen LogP contribution in [0.15, 0.2) is 42.7 Å².